The van der Waals surface area contributed by atoms with E-state index in [9.17, 15) is 19.2 Å². The van der Waals surface area contributed by atoms with Gasteiger partial charge in [-0.15, -0.1) is 0 Å². The standard InChI is InChI=1S/C30H34N6O.C28H30N6O.C26H28ClFN6O3/c1-30(2,3)23-12-10-21(11-13-23)20-6-8-22(9-7-20)26-16-24(25-14-15-36(35-25)17-19-4-5-19)27(29(37)33-26)28-31-18-32-34-28;1-28(2)12-9-20(10-13-28)19-5-7-21(8-6-19)24-15-22(23-11-14-34(33-23)16-18-3-4-18)25(27(35)31-24)26-29-17-30-32-26;1-2-3-4-5-10-37-17-8-9-18(21(28)11-17)22-12-19(24-20(27)15-33(31-24)14-16-6-7-16)25(26(36)30-22)34-23(35)13-29-32-34/h6-10,14-16,18-19,23H,4-5,11-13,17H2,1-3H3,(H,33,37)(H,31,32,34);5-9,11,14-15,17-18H,3-4,10,12-13,16H2,1-2H3,(H,31,35)(H,29,30,32);8-9,11-12,15-16H,2-7,10,13-14H2,1H3,(H,30,36). The van der Waals surface area contributed by atoms with Crippen molar-refractivity contribution in [3.05, 3.63) is 193 Å². The number of carbonyl (C=O) groups is 1. The Balaban J connectivity index is 0.000000130. The van der Waals surface area contributed by atoms with Crippen LogP contribution in [0, 0.1) is 40.3 Å². The summed E-state index contributed by atoms with van der Waals surface area (Å²) in [6.07, 6.45) is 31.7. The maximum atomic E-state index is 15.2. The molecule has 23 nitrogen and oxygen atoms in total. The largest absolute Gasteiger partial charge is 0.493 e. The molecule has 1 amide bonds. The van der Waals surface area contributed by atoms with E-state index in [1.165, 1.54) is 79.5 Å². The number of aromatic amines is 5. The number of ether oxygens (including phenoxy) is 1. The van der Waals surface area contributed by atoms with Crippen molar-refractivity contribution in [1.29, 1.82) is 0 Å². The first-order valence-corrected chi connectivity index (χ1v) is 38.7. The van der Waals surface area contributed by atoms with E-state index in [1.54, 1.807) is 29.1 Å². The summed E-state index contributed by atoms with van der Waals surface area (Å²) in [4.78, 5) is 69.6. The molecule has 3 aromatic carbocycles. The molecular formula is C84H92ClFN18O5. The van der Waals surface area contributed by atoms with Crippen LogP contribution in [0.1, 0.15) is 155 Å². The van der Waals surface area contributed by atoms with Crippen LogP contribution >= 0.6 is 11.6 Å². The molecule has 6 aliphatic rings. The fourth-order valence-electron chi connectivity index (χ4n) is 14.5. The zero-order chi connectivity index (χ0) is 75.5. The molecule has 1 unspecified atom stereocenters. The molecule has 109 heavy (non-hydrogen) atoms. The highest BCUT2D eigenvalue weighted by Crippen LogP contribution is 2.44. The number of allylic oxidation sites excluding steroid dienone is 4. The van der Waals surface area contributed by atoms with Crippen molar-refractivity contribution in [3.8, 4) is 96.1 Å². The predicted octanol–water partition coefficient (Wildman–Crippen LogP) is 17.8. The van der Waals surface area contributed by atoms with E-state index in [4.69, 9.17) is 26.5 Å². The van der Waals surface area contributed by atoms with Gasteiger partial charge in [-0.25, -0.2) is 14.4 Å². The number of nitrogens with zero attached hydrogens (tertiary/aromatic N) is 13. The molecule has 8 aromatic heterocycles. The van der Waals surface area contributed by atoms with E-state index in [1.807, 2.05) is 46.0 Å². The minimum absolute atomic E-state index is 0.0546. The van der Waals surface area contributed by atoms with Gasteiger partial charge in [-0.05, 0) is 194 Å². The molecule has 1 atom stereocenters. The summed E-state index contributed by atoms with van der Waals surface area (Å²) in [7, 11) is 0. The Morgan fingerprint density at radius 2 is 1.15 bits per heavy atom. The van der Waals surface area contributed by atoms with Crippen LogP contribution in [-0.2, 0) is 24.4 Å². The van der Waals surface area contributed by atoms with Gasteiger partial charge in [0.2, 0.25) is 0 Å². The van der Waals surface area contributed by atoms with Gasteiger partial charge in [0.15, 0.2) is 11.6 Å². The Labute approximate surface area is 636 Å². The number of hydrogen-bond acceptors (Lipinski definition) is 14. The highest BCUT2D eigenvalue weighted by molar-refractivity contribution is 6.33. The Morgan fingerprint density at radius 3 is 1.63 bits per heavy atom. The van der Waals surface area contributed by atoms with Crippen molar-refractivity contribution in [2.24, 2.45) is 44.8 Å². The molecule has 562 valence electrons. The van der Waals surface area contributed by atoms with Gasteiger partial charge in [0.1, 0.15) is 42.1 Å². The number of aromatic nitrogens is 15. The fraction of sp³-hybridized carbons (Fsp3) is 0.393. The molecule has 25 heteroatoms. The second kappa shape index (κ2) is 31.7. The molecule has 0 spiro atoms. The number of hydrogen-bond donors (Lipinski definition) is 5. The molecular weight excluding hydrogens is 1400 g/mol. The predicted molar refractivity (Wildman–Crippen MR) is 422 cm³/mol. The zero-order valence-electron chi connectivity index (χ0n) is 62.5. The number of rotatable bonds is 23. The summed E-state index contributed by atoms with van der Waals surface area (Å²) in [6.45, 7) is 16.7. The van der Waals surface area contributed by atoms with Gasteiger partial charge in [0.25, 0.3) is 22.6 Å². The maximum Gasteiger partial charge on any atom is 0.275 e. The monoisotopic (exact) mass is 1490 g/mol. The average molecular weight is 1490 g/mol. The van der Waals surface area contributed by atoms with E-state index in [-0.39, 0.29) is 40.2 Å². The second-order valence-corrected chi connectivity index (χ2v) is 32.1. The normalized spacial score (nSPS) is 16.9. The summed E-state index contributed by atoms with van der Waals surface area (Å²) in [5.74, 6) is 3.00. The molecule has 3 fully saturated rings. The van der Waals surface area contributed by atoms with Gasteiger partial charge in [-0.2, -0.15) is 35.6 Å². The SMILES string of the molecule is CC(C)(C)C1CC=C(c2ccc(-c3cc(-c4ccn(CC5CC5)n4)c(-c4ncn[nH]4)c(=O)[nH]3)cc2)CC1.CC1(C)CC=C(c2ccc(-c3cc(-c4ccn(CC5CC5)n4)c(-c4ncn[nH]4)c(=O)[nH]3)cc2)CC1.CCCCCCOc1ccc(-c2cc(-c3nn(CC4CC4)cc3Cl)c(N3N=NCC3=O)c(=O)[nH]2)c(F)c1. The van der Waals surface area contributed by atoms with Gasteiger partial charge in [-0.3, -0.25) is 43.4 Å². The number of benzene rings is 3. The van der Waals surface area contributed by atoms with Crippen molar-refractivity contribution >= 4 is 34.3 Å². The summed E-state index contributed by atoms with van der Waals surface area (Å²) in [6, 6.07) is 31.1. The Morgan fingerprint density at radius 1 is 0.596 bits per heavy atom. The first kappa shape index (κ1) is 73.5. The highest BCUT2D eigenvalue weighted by Gasteiger charge is 2.33. The van der Waals surface area contributed by atoms with Crippen LogP contribution in [-0.4, -0.2) is 93.7 Å². The molecule has 1 aliphatic heterocycles. The van der Waals surface area contributed by atoms with Crippen molar-refractivity contribution < 1.29 is 13.9 Å². The highest BCUT2D eigenvalue weighted by atomic mass is 35.5. The lowest BCUT2D eigenvalue weighted by Crippen LogP contribution is -2.29. The minimum Gasteiger partial charge on any atom is -0.493 e. The number of unbranched alkanes of at least 4 members (excludes halogenated alkanes) is 3. The van der Waals surface area contributed by atoms with Crippen LogP contribution in [0.25, 0.3) is 101 Å². The molecule has 0 bridgehead atoms. The molecule has 3 saturated carbocycles. The lowest BCUT2D eigenvalue weighted by atomic mass is 9.72. The quantitative estimate of drug-likeness (QED) is 0.0374. The van der Waals surface area contributed by atoms with Crippen LogP contribution in [0.5, 0.6) is 5.75 Å². The summed E-state index contributed by atoms with van der Waals surface area (Å²) >= 11 is 6.54. The lowest BCUT2D eigenvalue weighted by Gasteiger charge is -2.33. The number of pyridine rings is 3. The summed E-state index contributed by atoms with van der Waals surface area (Å²) in [5.41, 5.74) is 13.3. The van der Waals surface area contributed by atoms with Crippen LogP contribution in [0.4, 0.5) is 10.1 Å². The zero-order valence-corrected chi connectivity index (χ0v) is 63.3. The summed E-state index contributed by atoms with van der Waals surface area (Å²) < 4.78 is 26.6. The minimum atomic E-state index is -0.634. The average Bonchev–Trinajstić information content (AvgIpc) is 1.65. The molecule has 5 N–H and O–H groups in total. The second-order valence-electron chi connectivity index (χ2n) is 31.7. The van der Waals surface area contributed by atoms with Gasteiger partial charge in [0.05, 0.1) is 39.8 Å². The van der Waals surface area contributed by atoms with Crippen LogP contribution in [0.2, 0.25) is 5.02 Å². The smallest absolute Gasteiger partial charge is 0.275 e. The van der Waals surface area contributed by atoms with Crippen LogP contribution in [0.15, 0.2) is 165 Å². The molecule has 0 saturated heterocycles. The van der Waals surface area contributed by atoms with Gasteiger partial charge >= 0.3 is 0 Å². The first-order valence-electron chi connectivity index (χ1n) is 38.3. The molecule has 0 radical (unpaired) electrons. The Kier molecular flexibility index (Phi) is 21.4. The molecule has 11 aromatic rings. The maximum absolute atomic E-state index is 15.2. The fourth-order valence-corrected chi connectivity index (χ4v) is 14.8. The third-order valence-electron chi connectivity index (χ3n) is 21.7. The van der Waals surface area contributed by atoms with E-state index < -0.39 is 17.3 Å². The van der Waals surface area contributed by atoms with Gasteiger partial charge in [-0.1, -0.05) is 138 Å². The van der Waals surface area contributed by atoms with E-state index in [2.05, 4.69) is 163 Å². The number of carbonyl (C=O) groups excluding carboxylic acids is 1. The van der Waals surface area contributed by atoms with Gasteiger partial charge in [0, 0.05) is 77.9 Å². The van der Waals surface area contributed by atoms with E-state index in [0.29, 0.717) is 75.1 Å². The molecule has 9 heterocycles. The first-order chi connectivity index (χ1) is 52.7. The van der Waals surface area contributed by atoms with E-state index in [0.717, 1.165) is 139 Å². The number of H-pyrrole nitrogens is 5. The number of halogens is 2. The molecule has 17 rings (SSSR count). The van der Waals surface area contributed by atoms with E-state index >= 15 is 4.39 Å². The van der Waals surface area contributed by atoms with Crippen molar-refractivity contribution in [2.75, 3.05) is 18.2 Å². The Hall–Kier alpha value is -11.0. The van der Waals surface area contributed by atoms with Crippen LogP contribution < -0.4 is 26.4 Å². The number of nitrogens with one attached hydrogen (secondary N) is 5. The lowest BCUT2D eigenvalue weighted by molar-refractivity contribution is -0.116. The van der Waals surface area contributed by atoms with Crippen molar-refractivity contribution in [1.82, 2.24) is 74.7 Å². The third-order valence-corrected chi connectivity index (χ3v) is 21.9. The topological polar surface area (TPSA) is 289 Å². The van der Waals surface area contributed by atoms with Crippen LogP contribution in [0.3, 0.4) is 0 Å². The van der Waals surface area contributed by atoms with Crippen molar-refractivity contribution in [3.63, 3.8) is 0 Å². The number of amides is 1. The summed E-state index contributed by atoms with van der Waals surface area (Å²) in [5, 5.41) is 36.6. The van der Waals surface area contributed by atoms with Gasteiger partial charge < -0.3 is 19.7 Å². The van der Waals surface area contributed by atoms with Crippen molar-refractivity contribution in [2.45, 2.75) is 164 Å². The molecule has 5 aliphatic carbocycles. The Bertz CT molecular complexity index is 5370. The number of anilines is 1. The third kappa shape index (κ3) is 17.4.